The Hall–Kier alpha value is -6.96. The number of Topliss-reactive ketones (excluding diaryl/α,β-unsaturated/α-hetero) is 5. The molecule has 0 spiro atoms. The molecule has 1 fully saturated rings. The summed E-state index contributed by atoms with van der Waals surface area (Å²) in [5.74, 6) is -11.1. The zero-order chi connectivity index (χ0) is 77.4. The lowest BCUT2D eigenvalue weighted by molar-refractivity contribution is -0.148. The number of carbonyl (C=O) groups is 11. The standard InChI is InChI=1S/C67H114N10O13.C9H17N3/c1-21-23-26-44(13)62(84)50-37-57(81)60(43(11)12)76(20)66(88)48(31-39(3)4)35-56(80)53(33-41(7)8)73(17)65(87)46(15)69-63(85)45(14)34-55(79)52(32-40(5)6)74(18)67(89)49(42(9)10)36-58(82)61(47(16)90-30-25-24-29-77-38-68-71-72-77)75(19)59(83)28-27-54(78)51(22-2)70-64(50)86;1-9(2)5-3-4-7-12-8-6-10-11-12/h21,23,38-53,60-62,84H,22,24-37H2,1-20H3,(H,69,85)(H,70,86);6,8-9H,3-5,7H2,1-2H3/b23-21+;/t44-,45-,46-,47-,48-,49+,50+,51+,52+,53+,60+,61+,62-;/m1./s1. The Morgan fingerprint density at radius 2 is 1.14 bits per heavy atom. The van der Waals surface area contributed by atoms with E-state index >= 15 is 0 Å². The lowest BCUT2D eigenvalue weighted by Crippen LogP contribution is -2.53. The Labute approximate surface area is 609 Å². The number of hydrogen-bond acceptors (Lipinski definition) is 18. The van der Waals surface area contributed by atoms with E-state index in [4.69, 9.17) is 4.74 Å². The lowest BCUT2D eigenvalue weighted by atomic mass is 9.82. The molecule has 13 atom stereocenters. The highest BCUT2D eigenvalue weighted by Gasteiger charge is 2.43. The van der Waals surface area contributed by atoms with Crippen molar-refractivity contribution in [1.82, 2.24) is 65.4 Å². The SMILES string of the molecule is C/C=C/C[C@@H](C)[C@@H](O)[C@@H]1CC(=O)[C@H](C(C)C)N(C)C(=O)[C@H](CC(C)C)CC(=O)[C@H](CC(C)C)N(C)C(=O)[C@@H](C)NC(=O)[C@H](C)CC(=O)[C@H](CC(C)C)N(C)C(=O)[C@H](C(C)C)CC(=O)[C@H]([C@@H](C)OCCCCn2cnnn2)N(C)C(=O)CCC(=O)[C@H](CC)NC1=O.CC(C)CCCCn1ccnn1. The second-order valence-corrected chi connectivity index (χ2v) is 31.0. The fraction of sp³-hybridized carbons (Fsp3) is 0.789. The molecule has 26 nitrogen and oxygen atoms in total. The predicted molar refractivity (Wildman–Crippen MR) is 392 cm³/mol. The number of tetrazole rings is 1. The number of aliphatic hydroxyl groups is 1. The highest BCUT2D eigenvalue weighted by atomic mass is 16.5. The van der Waals surface area contributed by atoms with E-state index in [0.717, 1.165) is 12.5 Å². The predicted octanol–water partition coefficient (Wildman–Crippen LogP) is 8.77. The van der Waals surface area contributed by atoms with E-state index in [9.17, 15) is 57.8 Å². The average molecular weight is 1430 g/mol. The smallest absolute Gasteiger partial charge is 0.245 e. The third-order valence-corrected chi connectivity index (χ3v) is 19.5. The number of likely N-dealkylation sites (N-methyl/N-ethyl adjacent to an activating group) is 4. The summed E-state index contributed by atoms with van der Waals surface area (Å²) < 4.78 is 9.72. The van der Waals surface area contributed by atoms with Crippen LogP contribution < -0.4 is 10.6 Å². The fourth-order valence-electron chi connectivity index (χ4n) is 13.4. The maximum atomic E-state index is 14.9. The van der Waals surface area contributed by atoms with E-state index in [1.54, 1.807) is 72.3 Å². The molecule has 1 aliphatic rings. The molecule has 0 unspecified atom stereocenters. The van der Waals surface area contributed by atoms with Crippen LogP contribution in [0.3, 0.4) is 0 Å². The van der Waals surface area contributed by atoms with Crippen LogP contribution in [0.15, 0.2) is 30.9 Å². The zero-order valence-electron chi connectivity index (χ0n) is 66.1. The van der Waals surface area contributed by atoms with Gasteiger partial charge in [-0.05, 0) is 124 Å². The maximum absolute atomic E-state index is 14.9. The van der Waals surface area contributed by atoms with Crippen molar-refractivity contribution in [3.63, 3.8) is 0 Å². The highest BCUT2D eigenvalue weighted by Crippen LogP contribution is 2.30. The van der Waals surface area contributed by atoms with Gasteiger partial charge in [0.05, 0.1) is 48.5 Å². The lowest BCUT2D eigenvalue weighted by Gasteiger charge is -2.36. The molecule has 2 aromatic heterocycles. The second-order valence-electron chi connectivity index (χ2n) is 31.0. The number of unbranched alkanes of at least 4 members (excludes halogenated alkanes) is 2. The third kappa shape index (κ3) is 30.4. The highest BCUT2D eigenvalue weighted by molar-refractivity contribution is 5.99. The van der Waals surface area contributed by atoms with Crippen LogP contribution in [-0.2, 0) is 70.6 Å². The summed E-state index contributed by atoms with van der Waals surface area (Å²) in [5, 5.41) is 36.4. The molecule has 1 saturated heterocycles. The largest absolute Gasteiger partial charge is 0.392 e. The molecule has 3 heterocycles. The van der Waals surface area contributed by atoms with Crippen LogP contribution in [0.4, 0.5) is 0 Å². The van der Waals surface area contributed by atoms with Gasteiger partial charge < -0.3 is 40.1 Å². The number of ketones is 5. The number of aryl methyl sites for hydroxylation is 2. The van der Waals surface area contributed by atoms with Gasteiger partial charge in [0.25, 0.3) is 0 Å². The first kappa shape index (κ1) is 91.1. The number of carbonyl (C=O) groups excluding carboxylic acids is 11. The van der Waals surface area contributed by atoms with E-state index in [0.29, 0.717) is 25.8 Å². The first-order valence-corrected chi connectivity index (χ1v) is 37.6. The number of hydrogen-bond donors (Lipinski definition) is 3. The Bertz CT molecular complexity index is 2950. The van der Waals surface area contributed by atoms with E-state index in [-0.39, 0.29) is 82.1 Å². The van der Waals surface area contributed by atoms with Gasteiger partial charge in [-0.1, -0.05) is 134 Å². The number of nitrogens with one attached hydrogen (secondary N) is 2. The van der Waals surface area contributed by atoms with E-state index < -0.39 is 161 Å². The summed E-state index contributed by atoms with van der Waals surface area (Å²) >= 11 is 0. The number of nitrogens with zero attached hydrogens (tertiary/aromatic N) is 11. The van der Waals surface area contributed by atoms with Gasteiger partial charge in [-0.15, -0.1) is 10.2 Å². The van der Waals surface area contributed by atoms with Crippen molar-refractivity contribution in [3.8, 4) is 0 Å². The van der Waals surface area contributed by atoms with Crippen molar-refractivity contribution in [1.29, 1.82) is 0 Å². The first-order chi connectivity index (χ1) is 47.8. The number of amides is 6. The molecule has 3 rings (SSSR count). The van der Waals surface area contributed by atoms with Gasteiger partial charge in [0.1, 0.15) is 18.4 Å². The van der Waals surface area contributed by atoms with Gasteiger partial charge in [-0.25, -0.2) is 4.68 Å². The van der Waals surface area contributed by atoms with Crippen molar-refractivity contribution in [3.05, 3.63) is 30.9 Å². The number of ether oxygens (including phenoxy) is 1. The molecule has 2 aromatic rings. The average Bonchev–Trinajstić information content (AvgIpc) is 0.849. The second kappa shape index (κ2) is 46.0. The summed E-state index contributed by atoms with van der Waals surface area (Å²) in [6.07, 6.45) is 10.4. The van der Waals surface area contributed by atoms with Crippen LogP contribution in [0.2, 0.25) is 0 Å². The summed E-state index contributed by atoms with van der Waals surface area (Å²) in [7, 11) is 5.90. The monoisotopic (exact) mass is 1430 g/mol. The minimum atomic E-state index is -1.39. The summed E-state index contributed by atoms with van der Waals surface area (Å²) in [4.78, 5) is 166. The molecule has 102 heavy (non-hydrogen) atoms. The van der Waals surface area contributed by atoms with E-state index in [2.05, 4.69) is 50.3 Å². The molecule has 6 amide bonds. The fourth-order valence-corrected chi connectivity index (χ4v) is 13.4. The molecular formula is C76H131N13O13. The van der Waals surface area contributed by atoms with Crippen LogP contribution in [0.1, 0.15) is 227 Å². The molecular weight excluding hydrogens is 1300 g/mol. The van der Waals surface area contributed by atoms with Gasteiger partial charge in [0.2, 0.25) is 35.4 Å². The van der Waals surface area contributed by atoms with Crippen molar-refractivity contribution in [2.45, 2.75) is 289 Å². The number of rotatable bonds is 25. The minimum Gasteiger partial charge on any atom is -0.392 e. The zero-order valence-corrected chi connectivity index (χ0v) is 66.1. The molecule has 1 aliphatic heterocycles. The van der Waals surface area contributed by atoms with Crippen molar-refractivity contribution < 1.29 is 62.6 Å². The maximum Gasteiger partial charge on any atom is 0.245 e. The normalized spacial score (nSPS) is 24.6. The van der Waals surface area contributed by atoms with Crippen LogP contribution in [0.25, 0.3) is 0 Å². The Morgan fingerprint density at radius 1 is 0.569 bits per heavy atom. The van der Waals surface area contributed by atoms with Gasteiger partial charge in [0.15, 0.2) is 28.9 Å². The van der Waals surface area contributed by atoms with Crippen LogP contribution in [-0.4, -0.2) is 208 Å². The summed E-state index contributed by atoms with van der Waals surface area (Å²) in [5.41, 5.74) is 0. The number of aliphatic hydroxyl groups excluding tert-OH is 1. The molecule has 578 valence electrons. The topological polar surface area (TPSA) is 329 Å². The molecule has 0 aliphatic carbocycles. The molecule has 0 bridgehead atoms. The van der Waals surface area contributed by atoms with Crippen molar-refractivity contribution in [2.75, 3.05) is 34.8 Å². The Kier molecular flexibility index (Phi) is 41.1. The van der Waals surface area contributed by atoms with Crippen molar-refractivity contribution in [2.24, 2.45) is 65.1 Å². The Balaban J connectivity index is 0.00000265. The molecule has 0 saturated carbocycles. The molecule has 3 N–H and O–H groups in total. The molecule has 26 heteroatoms. The quantitative estimate of drug-likeness (QED) is 0.0617. The van der Waals surface area contributed by atoms with E-state index in [1.807, 2.05) is 65.4 Å². The molecule has 0 radical (unpaired) electrons. The number of aromatic nitrogens is 7. The van der Waals surface area contributed by atoms with Crippen LogP contribution >= 0.6 is 0 Å². The van der Waals surface area contributed by atoms with Crippen LogP contribution in [0, 0.1) is 65.1 Å². The van der Waals surface area contributed by atoms with E-state index in [1.165, 1.54) is 80.3 Å². The van der Waals surface area contributed by atoms with Gasteiger partial charge in [-0.3, -0.25) is 57.4 Å². The number of allylic oxidation sites excluding steroid dienone is 2. The summed E-state index contributed by atoms with van der Waals surface area (Å²) in [6, 6.07) is -6.70. The Morgan fingerprint density at radius 3 is 1.67 bits per heavy atom. The molecule has 0 aromatic carbocycles. The summed E-state index contributed by atoms with van der Waals surface area (Å²) in [6.45, 7) is 34.6. The first-order valence-electron chi connectivity index (χ1n) is 37.6. The van der Waals surface area contributed by atoms with Crippen molar-refractivity contribution >= 4 is 64.4 Å². The van der Waals surface area contributed by atoms with Gasteiger partial charge in [0, 0.05) is 110 Å². The third-order valence-electron chi connectivity index (χ3n) is 19.5. The minimum absolute atomic E-state index is 0.0818. The van der Waals surface area contributed by atoms with Gasteiger partial charge >= 0.3 is 0 Å². The van der Waals surface area contributed by atoms with Crippen LogP contribution in [0.5, 0.6) is 0 Å². The van der Waals surface area contributed by atoms with Gasteiger partial charge in [-0.2, -0.15) is 0 Å².